The topological polar surface area (TPSA) is 88.2 Å². The van der Waals surface area contributed by atoms with Crippen LogP contribution in [0.2, 0.25) is 0 Å². The van der Waals surface area contributed by atoms with Gasteiger partial charge in [0.05, 0.1) is 19.3 Å². The summed E-state index contributed by atoms with van der Waals surface area (Å²) in [6, 6.07) is 6.50. The second-order valence-electron chi connectivity index (χ2n) is 7.02. The first kappa shape index (κ1) is 20.1. The summed E-state index contributed by atoms with van der Waals surface area (Å²) in [5, 5.41) is 2.91. The van der Waals surface area contributed by atoms with Crippen molar-refractivity contribution in [1.82, 2.24) is 15.1 Å². The predicted octanol–water partition coefficient (Wildman–Crippen LogP) is 0.665. The quantitative estimate of drug-likeness (QED) is 0.740. The Balaban J connectivity index is 1.46. The molecule has 2 fully saturated rings. The number of carbonyl (C=O) groups is 3. The second-order valence-corrected chi connectivity index (χ2v) is 7.02. The van der Waals surface area contributed by atoms with E-state index in [0.717, 1.165) is 13.0 Å². The summed E-state index contributed by atoms with van der Waals surface area (Å²) in [4.78, 5) is 39.9. The number of hydrogen-bond donors (Lipinski definition) is 1. The molecule has 2 saturated heterocycles. The van der Waals surface area contributed by atoms with Crippen LogP contribution in [-0.2, 0) is 14.3 Å². The SMILES string of the molecule is CCCN1CC(NC(=O)c2ccc(OCC(=O)N3CCOCC3)cc2)CC1=O. The predicted molar refractivity (Wildman–Crippen MR) is 102 cm³/mol. The van der Waals surface area contributed by atoms with Gasteiger partial charge in [0.1, 0.15) is 5.75 Å². The van der Waals surface area contributed by atoms with E-state index < -0.39 is 0 Å². The molecule has 3 amide bonds. The first-order valence-electron chi connectivity index (χ1n) is 9.74. The van der Waals surface area contributed by atoms with Crippen LogP contribution in [-0.4, -0.2) is 79.6 Å². The van der Waals surface area contributed by atoms with Gasteiger partial charge in [-0.25, -0.2) is 0 Å². The minimum absolute atomic E-state index is 0.0387. The molecule has 2 aliphatic rings. The van der Waals surface area contributed by atoms with E-state index in [0.29, 0.717) is 50.6 Å². The summed E-state index contributed by atoms with van der Waals surface area (Å²) in [6.45, 7) is 5.54. The van der Waals surface area contributed by atoms with Gasteiger partial charge in [-0.1, -0.05) is 6.92 Å². The molecule has 1 atom stereocenters. The summed E-state index contributed by atoms with van der Waals surface area (Å²) < 4.78 is 10.8. The highest BCUT2D eigenvalue weighted by atomic mass is 16.5. The molecule has 0 aliphatic carbocycles. The molecule has 152 valence electrons. The van der Waals surface area contributed by atoms with Crippen molar-refractivity contribution < 1.29 is 23.9 Å². The normalized spacial score (nSPS) is 19.6. The van der Waals surface area contributed by atoms with Crippen LogP contribution in [0.1, 0.15) is 30.1 Å². The molecular weight excluding hydrogens is 362 g/mol. The molecule has 1 N–H and O–H groups in total. The smallest absolute Gasteiger partial charge is 0.260 e. The number of carbonyl (C=O) groups excluding carboxylic acids is 3. The zero-order chi connectivity index (χ0) is 19.9. The van der Waals surface area contributed by atoms with Crippen molar-refractivity contribution in [3.63, 3.8) is 0 Å². The second kappa shape index (κ2) is 9.54. The number of nitrogens with zero attached hydrogens (tertiary/aromatic N) is 2. The molecule has 1 aromatic carbocycles. The number of ether oxygens (including phenoxy) is 2. The number of morpholine rings is 1. The van der Waals surface area contributed by atoms with Crippen LogP contribution < -0.4 is 10.1 Å². The van der Waals surface area contributed by atoms with Gasteiger partial charge in [0.2, 0.25) is 5.91 Å². The number of benzene rings is 1. The third-order valence-corrected chi connectivity index (χ3v) is 4.89. The highest BCUT2D eigenvalue weighted by Gasteiger charge is 2.30. The fraction of sp³-hybridized carbons (Fsp3) is 0.550. The molecule has 0 aromatic heterocycles. The summed E-state index contributed by atoms with van der Waals surface area (Å²) in [5.41, 5.74) is 0.494. The lowest BCUT2D eigenvalue weighted by atomic mass is 10.2. The Labute approximate surface area is 164 Å². The van der Waals surface area contributed by atoms with Crippen molar-refractivity contribution >= 4 is 17.7 Å². The number of amides is 3. The molecule has 28 heavy (non-hydrogen) atoms. The van der Waals surface area contributed by atoms with Gasteiger partial charge >= 0.3 is 0 Å². The molecule has 8 nitrogen and oxygen atoms in total. The van der Waals surface area contributed by atoms with Crippen molar-refractivity contribution in [2.75, 3.05) is 46.0 Å². The summed E-state index contributed by atoms with van der Waals surface area (Å²) in [5.74, 6) is 0.323. The van der Waals surface area contributed by atoms with Gasteiger partial charge in [0, 0.05) is 38.2 Å². The monoisotopic (exact) mass is 389 g/mol. The van der Waals surface area contributed by atoms with E-state index in [-0.39, 0.29) is 30.4 Å². The van der Waals surface area contributed by atoms with Gasteiger partial charge in [-0.3, -0.25) is 14.4 Å². The number of hydrogen-bond acceptors (Lipinski definition) is 5. The minimum atomic E-state index is -0.216. The fourth-order valence-corrected chi connectivity index (χ4v) is 3.38. The lowest BCUT2D eigenvalue weighted by Crippen LogP contribution is -2.42. The number of rotatable bonds is 7. The average molecular weight is 389 g/mol. The third-order valence-electron chi connectivity index (χ3n) is 4.89. The maximum atomic E-state index is 12.4. The van der Waals surface area contributed by atoms with Gasteiger partial charge in [-0.2, -0.15) is 0 Å². The average Bonchev–Trinajstić information content (AvgIpc) is 3.06. The standard InChI is InChI=1S/C20H27N3O5/c1-2-7-23-13-16(12-18(23)24)21-20(26)15-3-5-17(6-4-15)28-14-19(25)22-8-10-27-11-9-22/h3-6,16H,2,7-14H2,1H3,(H,21,26). The molecule has 2 heterocycles. The van der Waals surface area contributed by atoms with Gasteiger partial charge in [-0.15, -0.1) is 0 Å². The molecule has 3 rings (SSSR count). The van der Waals surface area contributed by atoms with E-state index in [1.807, 2.05) is 6.92 Å². The van der Waals surface area contributed by atoms with E-state index in [1.54, 1.807) is 34.1 Å². The van der Waals surface area contributed by atoms with E-state index in [2.05, 4.69) is 5.32 Å². The van der Waals surface area contributed by atoms with Crippen molar-refractivity contribution in [3.8, 4) is 5.75 Å². The molecular formula is C20H27N3O5. The summed E-state index contributed by atoms with van der Waals surface area (Å²) in [7, 11) is 0. The van der Waals surface area contributed by atoms with Crippen LogP contribution in [0.15, 0.2) is 24.3 Å². The van der Waals surface area contributed by atoms with Crippen LogP contribution in [0.5, 0.6) is 5.75 Å². The fourth-order valence-electron chi connectivity index (χ4n) is 3.38. The zero-order valence-corrected chi connectivity index (χ0v) is 16.2. The van der Waals surface area contributed by atoms with Crippen LogP contribution in [0.4, 0.5) is 0 Å². The Kier molecular flexibility index (Phi) is 6.86. The molecule has 0 saturated carbocycles. The number of nitrogens with one attached hydrogen (secondary N) is 1. The summed E-state index contributed by atoms with van der Waals surface area (Å²) in [6.07, 6.45) is 1.25. The first-order chi connectivity index (χ1) is 13.6. The highest BCUT2D eigenvalue weighted by Crippen LogP contribution is 2.15. The Morgan fingerprint density at radius 3 is 2.61 bits per heavy atom. The highest BCUT2D eigenvalue weighted by molar-refractivity contribution is 5.95. The summed E-state index contributed by atoms with van der Waals surface area (Å²) >= 11 is 0. The molecule has 1 unspecified atom stereocenters. The number of likely N-dealkylation sites (tertiary alicyclic amines) is 1. The van der Waals surface area contributed by atoms with Crippen molar-refractivity contribution in [2.24, 2.45) is 0 Å². The van der Waals surface area contributed by atoms with Gasteiger partial charge in [0.15, 0.2) is 6.61 Å². The molecule has 2 aliphatic heterocycles. The first-order valence-corrected chi connectivity index (χ1v) is 9.74. The molecule has 0 spiro atoms. The Morgan fingerprint density at radius 1 is 1.21 bits per heavy atom. The molecule has 0 bridgehead atoms. The van der Waals surface area contributed by atoms with Crippen LogP contribution in [0.25, 0.3) is 0 Å². The maximum Gasteiger partial charge on any atom is 0.260 e. The largest absolute Gasteiger partial charge is 0.484 e. The van der Waals surface area contributed by atoms with E-state index in [9.17, 15) is 14.4 Å². The Morgan fingerprint density at radius 2 is 1.93 bits per heavy atom. The van der Waals surface area contributed by atoms with Gasteiger partial charge in [0.25, 0.3) is 11.8 Å². The third kappa shape index (κ3) is 5.22. The van der Waals surface area contributed by atoms with Crippen molar-refractivity contribution in [1.29, 1.82) is 0 Å². The van der Waals surface area contributed by atoms with Crippen LogP contribution in [0.3, 0.4) is 0 Å². The molecule has 8 heteroatoms. The van der Waals surface area contributed by atoms with Gasteiger partial charge in [-0.05, 0) is 30.7 Å². The lowest BCUT2D eigenvalue weighted by Gasteiger charge is -2.26. The molecule has 0 radical (unpaired) electrons. The van der Waals surface area contributed by atoms with Crippen molar-refractivity contribution in [3.05, 3.63) is 29.8 Å². The Hall–Kier alpha value is -2.61. The van der Waals surface area contributed by atoms with E-state index in [1.165, 1.54) is 0 Å². The van der Waals surface area contributed by atoms with E-state index >= 15 is 0 Å². The van der Waals surface area contributed by atoms with Gasteiger partial charge < -0.3 is 24.6 Å². The maximum absolute atomic E-state index is 12.4. The van der Waals surface area contributed by atoms with Crippen LogP contribution >= 0.6 is 0 Å². The zero-order valence-electron chi connectivity index (χ0n) is 16.2. The van der Waals surface area contributed by atoms with Crippen molar-refractivity contribution in [2.45, 2.75) is 25.8 Å². The van der Waals surface area contributed by atoms with E-state index in [4.69, 9.17) is 9.47 Å². The minimum Gasteiger partial charge on any atom is -0.484 e. The lowest BCUT2D eigenvalue weighted by molar-refractivity contribution is -0.137. The molecule has 1 aromatic rings. The van der Waals surface area contributed by atoms with Crippen LogP contribution in [0, 0.1) is 0 Å². The Bertz CT molecular complexity index is 700.